The molecule has 1 heterocycles. The van der Waals surface area contributed by atoms with Crippen LogP contribution in [0.15, 0.2) is 0 Å². The third-order valence-electron chi connectivity index (χ3n) is 3.13. The number of unbranched alkanes of at least 4 members (excludes halogenated alkanes) is 1. The second-order valence-corrected chi connectivity index (χ2v) is 4.23. The van der Waals surface area contributed by atoms with Crippen LogP contribution in [-0.2, 0) is 4.79 Å². The molecule has 0 atom stereocenters. The zero-order chi connectivity index (χ0) is 10.4. The molecule has 0 radical (unpaired) electrons. The van der Waals surface area contributed by atoms with Gasteiger partial charge in [-0.3, -0.25) is 4.79 Å². The maximum absolute atomic E-state index is 11.1. The molecule has 1 aliphatic rings. The number of amides is 1. The molecule has 1 amide bonds. The van der Waals surface area contributed by atoms with Crippen LogP contribution in [0.4, 0.5) is 0 Å². The predicted molar refractivity (Wildman–Crippen MR) is 57.9 cm³/mol. The topological polar surface area (TPSA) is 46.3 Å². The number of hydrogen-bond acceptors (Lipinski definition) is 2. The lowest BCUT2D eigenvalue weighted by atomic mass is 9.91. The van der Waals surface area contributed by atoms with E-state index in [2.05, 4.69) is 0 Å². The van der Waals surface area contributed by atoms with Crippen LogP contribution in [-0.4, -0.2) is 30.4 Å². The van der Waals surface area contributed by atoms with Crippen LogP contribution in [0.1, 0.15) is 39.0 Å². The summed E-state index contributed by atoms with van der Waals surface area (Å²) in [7, 11) is 0. The molecule has 14 heavy (non-hydrogen) atoms. The second-order valence-electron chi connectivity index (χ2n) is 4.23. The smallest absolute Gasteiger partial charge is 0.219 e. The summed E-state index contributed by atoms with van der Waals surface area (Å²) in [6.45, 7) is 4.40. The van der Waals surface area contributed by atoms with E-state index in [0.717, 1.165) is 32.0 Å². The molecule has 0 saturated carbocycles. The summed E-state index contributed by atoms with van der Waals surface area (Å²) in [5, 5.41) is 0. The first kappa shape index (κ1) is 11.5. The maximum Gasteiger partial charge on any atom is 0.219 e. The highest BCUT2D eigenvalue weighted by atomic mass is 16.2. The highest BCUT2D eigenvalue weighted by Gasteiger charge is 2.19. The first-order valence-corrected chi connectivity index (χ1v) is 5.69. The molecule has 1 aliphatic heterocycles. The molecule has 0 bridgehead atoms. The molecular formula is C11H22N2O. The summed E-state index contributed by atoms with van der Waals surface area (Å²) >= 11 is 0. The van der Waals surface area contributed by atoms with Crippen LogP contribution >= 0.6 is 0 Å². The number of hydrogen-bond donors (Lipinski definition) is 1. The molecule has 0 spiro atoms. The van der Waals surface area contributed by atoms with E-state index in [9.17, 15) is 4.79 Å². The summed E-state index contributed by atoms with van der Waals surface area (Å²) < 4.78 is 0. The van der Waals surface area contributed by atoms with Gasteiger partial charge in [0.2, 0.25) is 5.91 Å². The Morgan fingerprint density at radius 1 is 1.36 bits per heavy atom. The van der Waals surface area contributed by atoms with Crippen molar-refractivity contribution < 1.29 is 4.79 Å². The van der Waals surface area contributed by atoms with E-state index in [1.165, 1.54) is 25.7 Å². The molecule has 82 valence electrons. The molecule has 0 unspecified atom stereocenters. The quantitative estimate of drug-likeness (QED) is 0.694. The molecule has 3 heteroatoms. The van der Waals surface area contributed by atoms with E-state index >= 15 is 0 Å². The Balaban J connectivity index is 2.12. The van der Waals surface area contributed by atoms with Crippen LogP contribution in [0.5, 0.6) is 0 Å². The number of piperidine rings is 1. The maximum atomic E-state index is 11.1. The van der Waals surface area contributed by atoms with Gasteiger partial charge in [0, 0.05) is 20.0 Å². The van der Waals surface area contributed by atoms with Gasteiger partial charge in [-0.15, -0.1) is 0 Å². The van der Waals surface area contributed by atoms with Crippen molar-refractivity contribution in [2.24, 2.45) is 11.7 Å². The zero-order valence-electron chi connectivity index (χ0n) is 9.17. The Morgan fingerprint density at radius 3 is 2.50 bits per heavy atom. The van der Waals surface area contributed by atoms with E-state index in [1.807, 2.05) is 4.90 Å². The number of nitrogens with two attached hydrogens (primary N) is 1. The van der Waals surface area contributed by atoms with Gasteiger partial charge in [-0.1, -0.05) is 12.8 Å². The van der Waals surface area contributed by atoms with Gasteiger partial charge in [0.1, 0.15) is 0 Å². The fraction of sp³-hybridized carbons (Fsp3) is 0.909. The molecule has 2 N–H and O–H groups in total. The van der Waals surface area contributed by atoms with E-state index in [0.29, 0.717) is 0 Å². The normalized spacial score (nSPS) is 18.6. The van der Waals surface area contributed by atoms with Crippen molar-refractivity contribution in [3.8, 4) is 0 Å². The van der Waals surface area contributed by atoms with Gasteiger partial charge in [-0.2, -0.15) is 0 Å². The largest absolute Gasteiger partial charge is 0.343 e. The average Bonchev–Trinajstić information content (AvgIpc) is 2.19. The van der Waals surface area contributed by atoms with Crippen LogP contribution in [0.3, 0.4) is 0 Å². The predicted octanol–water partition coefficient (Wildman–Crippen LogP) is 1.37. The number of carbonyl (C=O) groups is 1. The summed E-state index contributed by atoms with van der Waals surface area (Å²) in [5.41, 5.74) is 5.45. The van der Waals surface area contributed by atoms with Gasteiger partial charge in [-0.25, -0.2) is 0 Å². The molecule has 0 aromatic rings. The Bertz CT molecular complexity index is 174. The molecule has 0 aromatic carbocycles. The number of nitrogens with zero attached hydrogens (tertiary/aromatic N) is 1. The number of likely N-dealkylation sites (tertiary alicyclic amines) is 1. The van der Waals surface area contributed by atoms with E-state index in [4.69, 9.17) is 5.73 Å². The van der Waals surface area contributed by atoms with Crippen molar-refractivity contribution in [2.45, 2.75) is 39.0 Å². The Labute approximate surface area is 86.6 Å². The molecule has 0 aromatic heterocycles. The highest BCUT2D eigenvalue weighted by Crippen LogP contribution is 2.22. The minimum atomic E-state index is 0.227. The second kappa shape index (κ2) is 6.02. The lowest BCUT2D eigenvalue weighted by molar-refractivity contribution is -0.130. The van der Waals surface area contributed by atoms with Crippen molar-refractivity contribution in [3.05, 3.63) is 0 Å². The molecule has 1 saturated heterocycles. The van der Waals surface area contributed by atoms with Crippen LogP contribution in [0.2, 0.25) is 0 Å². The molecule has 3 nitrogen and oxygen atoms in total. The third-order valence-corrected chi connectivity index (χ3v) is 3.13. The Morgan fingerprint density at radius 2 is 2.00 bits per heavy atom. The van der Waals surface area contributed by atoms with Gasteiger partial charge in [0.25, 0.3) is 0 Å². The number of carbonyl (C=O) groups excluding carboxylic acids is 1. The summed E-state index contributed by atoms with van der Waals surface area (Å²) in [6.07, 6.45) is 6.06. The van der Waals surface area contributed by atoms with Crippen LogP contribution < -0.4 is 5.73 Å². The lowest BCUT2D eigenvalue weighted by Crippen LogP contribution is -2.36. The summed E-state index contributed by atoms with van der Waals surface area (Å²) in [4.78, 5) is 13.0. The van der Waals surface area contributed by atoms with Gasteiger partial charge < -0.3 is 10.6 Å². The van der Waals surface area contributed by atoms with Crippen molar-refractivity contribution in [3.63, 3.8) is 0 Å². The third kappa shape index (κ3) is 3.66. The molecule has 0 aliphatic carbocycles. The van der Waals surface area contributed by atoms with Gasteiger partial charge in [0.05, 0.1) is 0 Å². The van der Waals surface area contributed by atoms with Gasteiger partial charge in [-0.05, 0) is 31.7 Å². The van der Waals surface area contributed by atoms with E-state index in [-0.39, 0.29) is 5.91 Å². The fourth-order valence-corrected chi connectivity index (χ4v) is 2.11. The first-order chi connectivity index (χ1) is 6.74. The highest BCUT2D eigenvalue weighted by molar-refractivity contribution is 5.73. The average molecular weight is 198 g/mol. The van der Waals surface area contributed by atoms with Crippen LogP contribution in [0, 0.1) is 5.92 Å². The standard InChI is InChI=1S/C11H22N2O/c1-10(14)13-8-5-11(6-9-13)4-2-3-7-12/h11H,2-9,12H2,1H3. The minimum absolute atomic E-state index is 0.227. The van der Waals surface area contributed by atoms with Gasteiger partial charge >= 0.3 is 0 Å². The first-order valence-electron chi connectivity index (χ1n) is 5.69. The van der Waals surface area contributed by atoms with Crippen molar-refractivity contribution in [1.82, 2.24) is 4.90 Å². The number of rotatable bonds is 4. The monoisotopic (exact) mass is 198 g/mol. The minimum Gasteiger partial charge on any atom is -0.343 e. The Hall–Kier alpha value is -0.570. The van der Waals surface area contributed by atoms with Crippen LogP contribution in [0.25, 0.3) is 0 Å². The van der Waals surface area contributed by atoms with E-state index < -0.39 is 0 Å². The van der Waals surface area contributed by atoms with E-state index in [1.54, 1.807) is 6.92 Å². The van der Waals surface area contributed by atoms with Crippen molar-refractivity contribution in [1.29, 1.82) is 0 Å². The van der Waals surface area contributed by atoms with Crippen molar-refractivity contribution >= 4 is 5.91 Å². The fourth-order valence-electron chi connectivity index (χ4n) is 2.11. The molecule has 1 rings (SSSR count). The molecular weight excluding hydrogens is 176 g/mol. The summed E-state index contributed by atoms with van der Waals surface area (Å²) in [6, 6.07) is 0. The zero-order valence-corrected chi connectivity index (χ0v) is 9.17. The van der Waals surface area contributed by atoms with Crippen molar-refractivity contribution in [2.75, 3.05) is 19.6 Å². The molecule has 1 fully saturated rings. The summed E-state index contributed by atoms with van der Waals surface area (Å²) in [5.74, 6) is 1.06. The van der Waals surface area contributed by atoms with Gasteiger partial charge in [0.15, 0.2) is 0 Å². The Kier molecular flexibility index (Phi) is 4.94. The SMILES string of the molecule is CC(=O)N1CCC(CCCCN)CC1. The lowest BCUT2D eigenvalue weighted by Gasteiger charge is -2.31.